The van der Waals surface area contributed by atoms with E-state index in [1.807, 2.05) is 18.2 Å². The number of nitro groups is 1. The maximum Gasteiger partial charge on any atom is 0.270 e. The zero-order valence-corrected chi connectivity index (χ0v) is 14.7. The molecule has 1 saturated heterocycles. The molecule has 0 amide bonds. The average molecular weight is 351 g/mol. The van der Waals surface area contributed by atoms with Crippen molar-refractivity contribution in [2.75, 3.05) is 42.9 Å². The summed E-state index contributed by atoms with van der Waals surface area (Å²) in [6.45, 7) is 7.45. The van der Waals surface area contributed by atoms with Crippen LogP contribution in [-0.4, -0.2) is 42.5 Å². The third-order valence-electron chi connectivity index (χ3n) is 4.67. The maximum absolute atomic E-state index is 10.8. The van der Waals surface area contributed by atoms with Crippen molar-refractivity contribution in [2.24, 2.45) is 0 Å². The number of nitrogens with one attached hydrogen (secondary N) is 1. The van der Waals surface area contributed by atoms with Crippen LogP contribution in [0, 0.1) is 21.4 Å². The first-order chi connectivity index (χ1) is 12.6. The molecule has 1 aliphatic heterocycles. The molecule has 0 unspecified atom stereocenters. The van der Waals surface area contributed by atoms with Gasteiger partial charge in [-0.2, -0.15) is 5.26 Å². The van der Waals surface area contributed by atoms with Crippen LogP contribution in [0.3, 0.4) is 0 Å². The highest BCUT2D eigenvalue weighted by Gasteiger charge is 2.16. The van der Waals surface area contributed by atoms with Crippen molar-refractivity contribution in [3.63, 3.8) is 0 Å². The molecule has 134 valence electrons. The summed E-state index contributed by atoms with van der Waals surface area (Å²) in [5, 5.41) is 23.2. The van der Waals surface area contributed by atoms with E-state index < -0.39 is 4.92 Å². The van der Waals surface area contributed by atoms with E-state index in [2.05, 4.69) is 34.2 Å². The van der Waals surface area contributed by atoms with Crippen molar-refractivity contribution in [1.29, 1.82) is 5.26 Å². The Morgan fingerprint density at radius 2 is 1.85 bits per heavy atom. The van der Waals surface area contributed by atoms with E-state index in [-0.39, 0.29) is 11.3 Å². The summed E-state index contributed by atoms with van der Waals surface area (Å²) in [6, 6.07) is 14.3. The zero-order chi connectivity index (χ0) is 18.5. The molecule has 0 spiro atoms. The lowest BCUT2D eigenvalue weighted by Crippen LogP contribution is -2.46. The number of rotatable bonds is 5. The van der Waals surface area contributed by atoms with Crippen LogP contribution in [-0.2, 0) is 0 Å². The van der Waals surface area contributed by atoms with Gasteiger partial charge in [0, 0.05) is 49.7 Å². The first kappa shape index (κ1) is 17.7. The molecule has 2 aromatic carbocycles. The Labute approximate surface area is 152 Å². The lowest BCUT2D eigenvalue weighted by molar-refractivity contribution is -0.384. The molecule has 1 heterocycles. The summed E-state index contributed by atoms with van der Waals surface area (Å²) in [7, 11) is 0. The van der Waals surface area contributed by atoms with Gasteiger partial charge in [-0.25, -0.2) is 0 Å². The third kappa shape index (κ3) is 3.92. The molecular weight excluding hydrogens is 330 g/mol. The number of nitriles is 1. The predicted octanol–water partition coefficient (Wildman–Crippen LogP) is 3.35. The predicted molar refractivity (Wildman–Crippen MR) is 102 cm³/mol. The lowest BCUT2D eigenvalue weighted by atomic mass is 10.1. The highest BCUT2D eigenvalue weighted by molar-refractivity contribution is 5.69. The second-order valence-corrected chi connectivity index (χ2v) is 6.19. The van der Waals surface area contributed by atoms with E-state index in [9.17, 15) is 15.4 Å². The van der Waals surface area contributed by atoms with Crippen LogP contribution >= 0.6 is 0 Å². The van der Waals surface area contributed by atoms with Gasteiger partial charge in [-0.15, -0.1) is 0 Å². The number of nitrogens with zero attached hydrogens (tertiary/aromatic N) is 4. The lowest BCUT2D eigenvalue weighted by Gasteiger charge is -2.35. The monoisotopic (exact) mass is 351 g/mol. The van der Waals surface area contributed by atoms with E-state index in [0.29, 0.717) is 5.69 Å². The molecule has 1 fully saturated rings. The van der Waals surface area contributed by atoms with Crippen molar-refractivity contribution in [3.8, 4) is 6.07 Å². The molecule has 0 atom stereocenters. The fourth-order valence-electron chi connectivity index (χ4n) is 3.08. The number of nitro benzene ring substituents is 1. The van der Waals surface area contributed by atoms with Crippen LogP contribution in [0.2, 0.25) is 0 Å². The molecule has 7 heteroatoms. The molecule has 7 nitrogen and oxygen atoms in total. The minimum atomic E-state index is -0.502. The standard InChI is InChI=1S/C19H21N5O2/c1-2-22-9-11-23(12-10-22)17-5-3-16(4-6-17)21-19-8-7-18(24(25)26)13-15(19)14-20/h3-8,13,21H,2,9-12H2,1H3. The molecule has 2 aromatic rings. The molecule has 0 radical (unpaired) electrons. The summed E-state index contributed by atoms with van der Waals surface area (Å²) < 4.78 is 0. The highest BCUT2D eigenvalue weighted by Crippen LogP contribution is 2.26. The van der Waals surface area contributed by atoms with Gasteiger partial charge in [0.05, 0.1) is 16.2 Å². The fourth-order valence-corrected chi connectivity index (χ4v) is 3.08. The van der Waals surface area contributed by atoms with Crippen molar-refractivity contribution < 1.29 is 4.92 Å². The molecule has 0 bridgehead atoms. The summed E-state index contributed by atoms with van der Waals surface area (Å²) in [5.74, 6) is 0. The van der Waals surface area contributed by atoms with Crippen LogP contribution in [0.5, 0.6) is 0 Å². The van der Waals surface area contributed by atoms with Gasteiger partial charge >= 0.3 is 0 Å². The molecule has 1 aliphatic rings. The minimum Gasteiger partial charge on any atom is -0.369 e. The van der Waals surface area contributed by atoms with Gasteiger partial charge < -0.3 is 15.1 Å². The van der Waals surface area contributed by atoms with Crippen molar-refractivity contribution in [3.05, 3.63) is 58.1 Å². The highest BCUT2D eigenvalue weighted by atomic mass is 16.6. The van der Waals surface area contributed by atoms with Crippen molar-refractivity contribution in [2.45, 2.75) is 6.92 Å². The van der Waals surface area contributed by atoms with Gasteiger partial charge in [-0.3, -0.25) is 10.1 Å². The Morgan fingerprint density at radius 1 is 1.15 bits per heavy atom. The first-order valence-electron chi connectivity index (χ1n) is 8.63. The number of likely N-dealkylation sites (N-methyl/N-ethyl adjacent to an activating group) is 1. The maximum atomic E-state index is 10.8. The van der Waals surface area contributed by atoms with Gasteiger partial charge in [0.25, 0.3) is 5.69 Å². The van der Waals surface area contributed by atoms with Crippen LogP contribution in [0.1, 0.15) is 12.5 Å². The number of hydrogen-bond acceptors (Lipinski definition) is 6. The molecular formula is C19H21N5O2. The molecule has 3 rings (SSSR count). The minimum absolute atomic E-state index is 0.0892. The SMILES string of the molecule is CCN1CCN(c2ccc(Nc3ccc([N+](=O)[O-])cc3C#N)cc2)CC1. The average Bonchev–Trinajstić information content (AvgIpc) is 2.69. The molecule has 1 N–H and O–H groups in total. The summed E-state index contributed by atoms with van der Waals surface area (Å²) in [5.41, 5.74) is 2.73. The van der Waals surface area contributed by atoms with Crippen LogP contribution in [0.25, 0.3) is 0 Å². The van der Waals surface area contributed by atoms with E-state index in [4.69, 9.17) is 0 Å². The first-order valence-corrected chi connectivity index (χ1v) is 8.63. The van der Waals surface area contributed by atoms with Gasteiger partial charge in [0.1, 0.15) is 6.07 Å². The Balaban J connectivity index is 1.70. The van der Waals surface area contributed by atoms with Gasteiger partial charge in [0.2, 0.25) is 0 Å². The van der Waals surface area contributed by atoms with Gasteiger partial charge in [-0.05, 0) is 36.9 Å². The van der Waals surface area contributed by atoms with Crippen molar-refractivity contribution >= 4 is 22.7 Å². The smallest absolute Gasteiger partial charge is 0.270 e. The van der Waals surface area contributed by atoms with E-state index in [1.165, 1.54) is 17.8 Å². The summed E-state index contributed by atoms with van der Waals surface area (Å²) in [4.78, 5) is 15.1. The van der Waals surface area contributed by atoms with E-state index >= 15 is 0 Å². The molecule has 26 heavy (non-hydrogen) atoms. The Bertz CT molecular complexity index is 821. The Kier molecular flexibility index (Phi) is 5.34. The normalized spacial score (nSPS) is 14.7. The second-order valence-electron chi connectivity index (χ2n) is 6.19. The number of benzene rings is 2. The number of anilines is 3. The molecule has 0 aromatic heterocycles. The van der Waals surface area contributed by atoms with Crippen LogP contribution in [0.4, 0.5) is 22.7 Å². The van der Waals surface area contributed by atoms with E-state index in [0.717, 1.165) is 38.4 Å². The fraction of sp³-hybridized carbons (Fsp3) is 0.316. The summed E-state index contributed by atoms with van der Waals surface area (Å²) >= 11 is 0. The number of non-ortho nitro benzene ring substituents is 1. The largest absolute Gasteiger partial charge is 0.369 e. The van der Waals surface area contributed by atoms with Crippen LogP contribution in [0.15, 0.2) is 42.5 Å². The van der Waals surface area contributed by atoms with E-state index in [1.54, 1.807) is 6.07 Å². The molecule has 0 saturated carbocycles. The van der Waals surface area contributed by atoms with Crippen LogP contribution < -0.4 is 10.2 Å². The topological polar surface area (TPSA) is 85.4 Å². The zero-order valence-electron chi connectivity index (χ0n) is 14.7. The Morgan fingerprint density at radius 3 is 2.42 bits per heavy atom. The van der Waals surface area contributed by atoms with Crippen molar-refractivity contribution in [1.82, 2.24) is 4.90 Å². The number of piperazine rings is 1. The molecule has 0 aliphatic carbocycles. The second kappa shape index (κ2) is 7.85. The quantitative estimate of drug-likeness (QED) is 0.657. The summed E-state index contributed by atoms with van der Waals surface area (Å²) in [6.07, 6.45) is 0. The third-order valence-corrected chi connectivity index (χ3v) is 4.67. The van der Waals surface area contributed by atoms with Gasteiger partial charge in [-0.1, -0.05) is 6.92 Å². The van der Waals surface area contributed by atoms with Gasteiger partial charge in [0.15, 0.2) is 0 Å². The number of hydrogen-bond donors (Lipinski definition) is 1. The Hall–Kier alpha value is -3.11.